The van der Waals surface area contributed by atoms with Crippen LogP contribution in [0.1, 0.15) is 44.2 Å². The van der Waals surface area contributed by atoms with Gasteiger partial charge in [0.15, 0.2) is 0 Å². The summed E-state index contributed by atoms with van der Waals surface area (Å²) in [4.78, 5) is 19.0. The second-order valence-electron chi connectivity index (χ2n) is 8.77. The molecule has 4 nitrogen and oxygen atoms in total. The number of amides is 1. The first kappa shape index (κ1) is 21.0. The van der Waals surface area contributed by atoms with Gasteiger partial charge in [-0.05, 0) is 23.9 Å². The van der Waals surface area contributed by atoms with Crippen LogP contribution < -0.4 is 5.32 Å². The first-order valence-corrected chi connectivity index (χ1v) is 11.1. The molecule has 28 heavy (non-hydrogen) atoms. The lowest BCUT2D eigenvalue weighted by molar-refractivity contribution is -0.129. The Morgan fingerprint density at radius 2 is 1.75 bits per heavy atom. The van der Waals surface area contributed by atoms with Crippen molar-refractivity contribution in [2.75, 3.05) is 26.2 Å². The van der Waals surface area contributed by atoms with Gasteiger partial charge in [0.1, 0.15) is 0 Å². The van der Waals surface area contributed by atoms with Crippen LogP contribution >= 0.6 is 11.3 Å². The van der Waals surface area contributed by atoms with E-state index < -0.39 is 0 Å². The molecule has 1 N–H and O–H groups in total. The quantitative estimate of drug-likeness (QED) is 0.792. The van der Waals surface area contributed by atoms with Crippen LogP contribution in [-0.4, -0.2) is 47.9 Å². The van der Waals surface area contributed by atoms with Crippen molar-refractivity contribution >= 4 is 17.2 Å². The molecular weight excluding hydrogens is 366 g/mol. The summed E-state index contributed by atoms with van der Waals surface area (Å²) in [5.74, 6) is 0.115. The number of thiophene rings is 1. The third-order valence-corrected chi connectivity index (χ3v) is 6.34. The Labute approximate surface area is 173 Å². The number of piperazine rings is 1. The molecule has 0 radical (unpaired) electrons. The highest BCUT2D eigenvalue weighted by molar-refractivity contribution is 7.10. The number of rotatable bonds is 6. The highest BCUT2D eigenvalue weighted by Crippen LogP contribution is 2.30. The van der Waals surface area contributed by atoms with E-state index in [0.29, 0.717) is 0 Å². The van der Waals surface area contributed by atoms with Crippen molar-refractivity contribution < 1.29 is 4.79 Å². The summed E-state index contributed by atoms with van der Waals surface area (Å²) in [6.45, 7) is 13.2. The van der Waals surface area contributed by atoms with Crippen molar-refractivity contribution in [1.29, 1.82) is 0 Å². The Kier molecular flexibility index (Phi) is 6.91. The van der Waals surface area contributed by atoms with Crippen LogP contribution in [0.4, 0.5) is 0 Å². The molecule has 0 bridgehead atoms. The van der Waals surface area contributed by atoms with Gasteiger partial charge in [-0.1, -0.05) is 57.2 Å². The minimum atomic E-state index is -0.372. The fourth-order valence-electron chi connectivity index (χ4n) is 3.75. The molecule has 0 aliphatic carbocycles. The van der Waals surface area contributed by atoms with Crippen LogP contribution in [0.15, 0.2) is 47.8 Å². The highest BCUT2D eigenvalue weighted by atomic mass is 32.1. The number of carbonyl (C=O) groups is 1. The maximum atomic E-state index is 12.6. The minimum Gasteiger partial charge on any atom is -0.351 e. The molecule has 2 aromatic rings. The molecule has 2 atom stereocenters. The van der Waals surface area contributed by atoms with E-state index in [9.17, 15) is 4.79 Å². The van der Waals surface area contributed by atoms with Crippen LogP contribution in [-0.2, 0) is 11.3 Å². The zero-order chi connectivity index (χ0) is 20.1. The Hall–Kier alpha value is -1.69. The topological polar surface area (TPSA) is 35.6 Å². The molecule has 0 unspecified atom stereocenters. The van der Waals surface area contributed by atoms with Gasteiger partial charge in [-0.25, -0.2) is 0 Å². The zero-order valence-electron chi connectivity index (χ0n) is 17.5. The summed E-state index contributed by atoms with van der Waals surface area (Å²) in [7, 11) is 0. The molecule has 0 saturated carbocycles. The molecule has 3 rings (SSSR count). The van der Waals surface area contributed by atoms with Gasteiger partial charge in [0, 0.05) is 49.1 Å². The Balaban J connectivity index is 1.64. The predicted octanol–water partition coefficient (Wildman–Crippen LogP) is 4.16. The molecule has 1 aromatic heterocycles. The molecule has 1 fully saturated rings. The van der Waals surface area contributed by atoms with Crippen molar-refractivity contribution in [1.82, 2.24) is 15.1 Å². The fourth-order valence-corrected chi connectivity index (χ4v) is 4.71. The smallest absolute Gasteiger partial charge is 0.225 e. The average molecular weight is 400 g/mol. The summed E-state index contributed by atoms with van der Waals surface area (Å²) >= 11 is 1.78. The Morgan fingerprint density at radius 3 is 2.32 bits per heavy atom. The molecule has 1 aliphatic rings. The second kappa shape index (κ2) is 9.21. The van der Waals surface area contributed by atoms with E-state index in [2.05, 4.69) is 69.9 Å². The van der Waals surface area contributed by atoms with Crippen molar-refractivity contribution in [2.24, 2.45) is 5.41 Å². The fraction of sp³-hybridized carbons (Fsp3) is 0.522. The van der Waals surface area contributed by atoms with Gasteiger partial charge >= 0.3 is 0 Å². The van der Waals surface area contributed by atoms with Crippen molar-refractivity contribution in [2.45, 2.75) is 46.3 Å². The molecule has 1 aromatic carbocycles. The van der Waals surface area contributed by atoms with Gasteiger partial charge in [0.2, 0.25) is 5.91 Å². The van der Waals surface area contributed by atoms with Gasteiger partial charge in [-0.15, -0.1) is 11.3 Å². The van der Waals surface area contributed by atoms with Crippen molar-refractivity contribution in [3.8, 4) is 0 Å². The number of nitrogens with zero attached hydrogens (tertiary/aromatic N) is 2. The molecule has 0 spiro atoms. The highest BCUT2D eigenvalue weighted by Gasteiger charge is 2.32. The minimum absolute atomic E-state index is 0.0750. The zero-order valence-corrected chi connectivity index (χ0v) is 18.3. The van der Waals surface area contributed by atoms with E-state index in [1.807, 2.05) is 20.8 Å². The third-order valence-electron chi connectivity index (χ3n) is 5.40. The predicted molar refractivity (Wildman–Crippen MR) is 117 cm³/mol. The standard InChI is InChI=1S/C23H33N3OS/c1-18(24-22(27)23(2,3)4)21(20-11-8-16-28-20)26-14-12-25(13-15-26)17-19-9-6-5-7-10-19/h5-11,16,18,21H,12-15,17H2,1-4H3,(H,24,27)/t18-,21+/m1/s1. The maximum Gasteiger partial charge on any atom is 0.225 e. The number of carbonyl (C=O) groups excluding carboxylic acids is 1. The van der Waals surface area contributed by atoms with Gasteiger partial charge in [0.25, 0.3) is 0 Å². The molecule has 5 heteroatoms. The number of hydrogen-bond acceptors (Lipinski definition) is 4. The number of hydrogen-bond donors (Lipinski definition) is 1. The van der Waals surface area contributed by atoms with Gasteiger partial charge in [-0.2, -0.15) is 0 Å². The third kappa shape index (κ3) is 5.43. The van der Waals surface area contributed by atoms with Gasteiger partial charge in [0.05, 0.1) is 6.04 Å². The summed E-state index contributed by atoms with van der Waals surface area (Å²) in [6.07, 6.45) is 0. The Morgan fingerprint density at radius 1 is 1.07 bits per heavy atom. The summed E-state index contributed by atoms with van der Waals surface area (Å²) in [6, 6.07) is 15.3. The van der Waals surface area contributed by atoms with Gasteiger partial charge < -0.3 is 5.32 Å². The van der Waals surface area contributed by atoms with E-state index in [-0.39, 0.29) is 23.4 Å². The van der Waals surface area contributed by atoms with E-state index in [1.54, 1.807) is 11.3 Å². The molecule has 1 saturated heterocycles. The van der Waals surface area contributed by atoms with Crippen molar-refractivity contribution in [3.05, 3.63) is 58.3 Å². The molecule has 1 amide bonds. The number of benzene rings is 1. The monoisotopic (exact) mass is 399 g/mol. The largest absolute Gasteiger partial charge is 0.351 e. The summed E-state index contributed by atoms with van der Waals surface area (Å²) in [5, 5.41) is 5.40. The maximum absolute atomic E-state index is 12.6. The van der Waals surface area contributed by atoms with Crippen LogP contribution in [0, 0.1) is 5.41 Å². The lowest BCUT2D eigenvalue weighted by atomic mass is 9.94. The van der Waals surface area contributed by atoms with Crippen molar-refractivity contribution in [3.63, 3.8) is 0 Å². The van der Waals surface area contributed by atoms with Crippen LogP contribution in [0.2, 0.25) is 0 Å². The molecular formula is C23H33N3OS. The van der Waals surface area contributed by atoms with Gasteiger partial charge in [-0.3, -0.25) is 14.6 Å². The van der Waals surface area contributed by atoms with E-state index in [4.69, 9.17) is 0 Å². The lowest BCUT2D eigenvalue weighted by Crippen LogP contribution is -2.53. The Bertz CT molecular complexity index is 731. The van der Waals surface area contributed by atoms with E-state index in [0.717, 1.165) is 32.7 Å². The lowest BCUT2D eigenvalue weighted by Gasteiger charge is -2.41. The normalized spacial score (nSPS) is 18.6. The first-order chi connectivity index (χ1) is 13.3. The SMILES string of the molecule is C[C@@H](NC(=O)C(C)(C)C)[C@@H](c1cccs1)N1CCN(Cc2ccccc2)CC1. The van der Waals surface area contributed by atoms with Crippen LogP contribution in [0.25, 0.3) is 0 Å². The average Bonchev–Trinajstić information content (AvgIpc) is 3.17. The molecule has 152 valence electrons. The molecule has 2 heterocycles. The molecule has 1 aliphatic heterocycles. The van der Waals surface area contributed by atoms with E-state index >= 15 is 0 Å². The van der Waals surface area contributed by atoms with E-state index in [1.165, 1.54) is 10.4 Å². The second-order valence-corrected chi connectivity index (χ2v) is 9.75. The first-order valence-electron chi connectivity index (χ1n) is 10.2. The van der Waals surface area contributed by atoms with Crippen LogP contribution in [0.3, 0.4) is 0 Å². The summed E-state index contributed by atoms with van der Waals surface area (Å²) < 4.78 is 0. The summed E-state index contributed by atoms with van der Waals surface area (Å²) in [5.41, 5.74) is 0.999. The van der Waals surface area contributed by atoms with Crippen LogP contribution in [0.5, 0.6) is 0 Å². The number of nitrogens with one attached hydrogen (secondary N) is 1.